The molecule has 2 fully saturated rings. The Morgan fingerprint density at radius 2 is 2.05 bits per heavy atom. The third kappa shape index (κ3) is 5.46. The van der Waals surface area contributed by atoms with Crippen LogP contribution in [0.15, 0.2) is 0 Å². The van der Waals surface area contributed by atoms with E-state index in [1.807, 2.05) is 4.90 Å². The highest BCUT2D eigenvalue weighted by atomic mass is 32.2. The van der Waals surface area contributed by atoms with Crippen LogP contribution in [0.4, 0.5) is 0 Å². The molecule has 2 aliphatic rings. The molecule has 110 valence electrons. The van der Waals surface area contributed by atoms with Gasteiger partial charge in [-0.2, -0.15) is 0 Å². The van der Waals surface area contributed by atoms with E-state index in [9.17, 15) is 13.2 Å². The Hall–Kier alpha value is -0.660. The van der Waals surface area contributed by atoms with E-state index in [1.165, 1.54) is 12.8 Å². The smallest absolute Gasteiger partial charge is 0.236 e. The van der Waals surface area contributed by atoms with Gasteiger partial charge >= 0.3 is 0 Å². The van der Waals surface area contributed by atoms with Crippen molar-refractivity contribution in [1.29, 1.82) is 0 Å². The number of carbonyl (C=O) groups is 1. The molecule has 2 N–H and O–H groups in total. The van der Waals surface area contributed by atoms with Gasteiger partial charge in [0.1, 0.15) is 0 Å². The molecule has 6 nitrogen and oxygen atoms in total. The standard InChI is InChI=1S/C12H23N3O3S/c1-19(17,18)14-7-10-3-2-6-15(9-10)12(16)8-13-11-4-5-11/h10-11,13-14H,2-9H2,1H3. The van der Waals surface area contributed by atoms with Crippen molar-refractivity contribution in [3.8, 4) is 0 Å². The predicted octanol–water partition coefficient (Wildman–Crippen LogP) is -0.474. The van der Waals surface area contributed by atoms with Gasteiger partial charge in [0.15, 0.2) is 0 Å². The molecule has 1 aliphatic heterocycles. The topological polar surface area (TPSA) is 78.5 Å². The van der Waals surface area contributed by atoms with E-state index in [0.29, 0.717) is 25.7 Å². The van der Waals surface area contributed by atoms with Crippen molar-refractivity contribution in [2.75, 3.05) is 32.4 Å². The van der Waals surface area contributed by atoms with Crippen LogP contribution in [0, 0.1) is 5.92 Å². The van der Waals surface area contributed by atoms with Crippen LogP contribution in [0.5, 0.6) is 0 Å². The lowest BCUT2D eigenvalue weighted by molar-refractivity contribution is -0.132. The molecule has 0 aromatic rings. The molecule has 1 saturated carbocycles. The molecule has 0 radical (unpaired) electrons. The average molecular weight is 289 g/mol. The molecule has 0 aromatic heterocycles. The van der Waals surface area contributed by atoms with Gasteiger partial charge in [-0.1, -0.05) is 0 Å². The number of sulfonamides is 1. The second-order valence-corrected chi connectivity index (χ2v) is 7.46. The number of likely N-dealkylation sites (tertiary alicyclic amines) is 1. The van der Waals surface area contributed by atoms with E-state index in [2.05, 4.69) is 10.0 Å². The number of hydrogen-bond acceptors (Lipinski definition) is 4. The Morgan fingerprint density at radius 1 is 1.32 bits per heavy atom. The third-order valence-corrected chi connectivity index (χ3v) is 4.32. The number of amides is 1. The quantitative estimate of drug-likeness (QED) is 0.693. The Balaban J connectivity index is 1.73. The van der Waals surface area contributed by atoms with Crippen LogP contribution < -0.4 is 10.0 Å². The molecular formula is C12H23N3O3S. The van der Waals surface area contributed by atoms with Crippen LogP contribution in [0.2, 0.25) is 0 Å². The monoisotopic (exact) mass is 289 g/mol. The van der Waals surface area contributed by atoms with E-state index in [4.69, 9.17) is 0 Å². The predicted molar refractivity (Wildman–Crippen MR) is 73.2 cm³/mol. The summed E-state index contributed by atoms with van der Waals surface area (Å²) in [6.07, 6.45) is 5.44. The summed E-state index contributed by atoms with van der Waals surface area (Å²) in [5, 5.41) is 3.22. The Labute approximate surface area is 115 Å². The van der Waals surface area contributed by atoms with Gasteiger partial charge in [-0.25, -0.2) is 13.1 Å². The van der Waals surface area contributed by atoms with Crippen LogP contribution in [0.3, 0.4) is 0 Å². The minimum Gasteiger partial charge on any atom is -0.341 e. The second kappa shape index (κ2) is 6.19. The molecule has 1 amide bonds. The lowest BCUT2D eigenvalue weighted by Gasteiger charge is -2.33. The lowest BCUT2D eigenvalue weighted by Crippen LogP contribution is -2.46. The first-order valence-corrected chi connectivity index (χ1v) is 8.79. The Bertz CT molecular complexity index is 420. The number of carbonyl (C=O) groups excluding carboxylic acids is 1. The highest BCUT2D eigenvalue weighted by molar-refractivity contribution is 7.88. The molecule has 0 bridgehead atoms. The van der Waals surface area contributed by atoms with E-state index in [0.717, 1.165) is 25.6 Å². The molecule has 1 unspecified atom stereocenters. The summed E-state index contributed by atoms with van der Waals surface area (Å²) < 4.78 is 24.7. The maximum atomic E-state index is 12.0. The van der Waals surface area contributed by atoms with Crippen molar-refractivity contribution in [2.45, 2.75) is 31.7 Å². The molecule has 1 heterocycles. The zero-order chi connectivity index (χ0) is 13.9. The molecule has 7 heteroatoms. The van der Waals surface area contributed by atoms with Crippen LogP contribution >= 0.6 is 0 Å². The molecule has 19 heavy (non-hydrogen) atoms. The summed E-state index contributed by atoms with van der Waals surface area (Å²) in [6, 6.07) is 0.538. The molecule has 0 spiro atoms. The fourth-order valence-corrected chi connectivity index (χ4v) is 2.90. The van der Waals surface area contributed by atoms with Crippen molar-refractivity contribution in [3.63, 3.8) is 0 Å². The van der Waals surface area contributed by atoms with Crippen molar-refractivity contribution >= 4 is 15.9 Å². The van der Waals surface area contributed by atoms with Crippen molar-refractivity contribution in [3.05, 3.63) is 0 Å². The van der Waals surface area contributed by atoms with Gasteiger partial charge in [0.2, 0.25) is 15.9 Å². The average Bonchev–Trinajstić information content (AvgIpc) is 3.17. The number of hydrogen-bond donors (Lipinski definition) is 2. The van der Waals surface area contributed by atoms with Gasteiger partial charge < -0.3 is 10.2 Å². The molecule has 1 aliphatic carbocycles. The van der Waals surface area contributed by atoms with Gasteiger partial charge in [0.05, 0.1) is 12.8 Å². The largest absolute Gasteiger partial charge is 0.341 e. The maximum absolute atomic E-state index is 12.0. The summed E-state index contributed by atoms with van der Waals surface area (Å²) in [5.74, 6) is 0.365. The maximum Gasteiger partial charge on any atom is 0.236 e. The molecule has 1 atom stereocenters. The van der Waals surface area contributed by atoms with Crippen molar-refractivity contribution in [2.24, 2.45) is 5.92 Å². The Kier molecular flexibility index (Phi) is 4.81. The minimum absolute atomic E-state index is 0.135. The SMILES string of the molecule is CS(=O)(=O)NCC1CCCN(C(=O)CNC2CC2)C1. The van der Waals surface area contributed by atoms with E-state index in [1.54, 1.807) is 0 Å². The first-order chi connectivity index (χ1) is 8.94. The number of nitrogens with one attached hydrogen (secondary N) is 2. The summed E-state index contributed by atoms with van der Waals surface area (Å²) in [5.41, 5.74) is 0. The summed E-state index contributed by atoms with van der Waals surface area (Å²) in [4.78, 5) is 13.9. The summed E-state index contributed by atoms with van der Waals surface area (Å²) >= 11 is 0. The number of nitrogens with zero attached hydrogens (tertiary/aromatic N) is 1. The lowest BCUT2D eigenvalue weighted by atomic mass is 9.98. The van der Waals surface area contributed by atoms with Gasteiger partial charge in [-0.3, -0.25) is 4.79 Å². The third-order valence-electron chi connectivity index (χ3n) is 3.63. The molecule has 0 aromatic carbocycles. The molecule has 2 rings (SSSR count). The summed E-state index contributed by atoms with van der Waals surface area (Å²) in [6.45, 7) is 2.30. The van der Waals surface area contributed by atoms with Crippen LogP contribution in [-0.4, -0.2) is 57.7 Å². The highest BCUT2D eigenvalue weighted by Crippen LogP contribution is 2.19. The van der Waals surface area contributed by atoms with Gasteiger partial charge in [-0.05, 0) is 31.6 Å². The van der Waals surface area contributed by atoms with E-state index >= 15 is 0 Å². The minimum atomic E-state index is -3.14. The van der Waals surface area contributed by atoms with E-state index in [-0.39, 0.29) is 11.8 Å². The van der Waals surface area contributed by atoms with Crippen molar-refractivity contribution in [1.82, 2.24) is 14.9 Å². The first kappa shape index (κ1) is 14.7. The first-order valence-electron chi connectivity index (χ1n) is 6.90. The number of piperidine rings is 1. The summed E-state index contributed by atoms with van der Waals surface area (Å²) in [7, 11) is -3.14. The highest BCUT2D eigenvalue weighted by Gasteiger charge is 2.26. The van der Waals surface area contributed by atoms with Crippen LogP contribution in [0.1, 0.15) is 25.7 Å². The normalized spacial score (nSPS) is 24.5. The molecule has 1 saturated heterocycles. The van der Waals surface area contributed by atoms with Gasteiger partial charge in [0.25, 0.3) is 0 Å². The van der Waals surface area contributed by atoms with Gasteiger partial charge in [-0.15, -0.1) is 0 Å². The second-order valence-electron chi connectivity index (χ2n) is 5.62. The zero-order valence-corrected chi connectivity index (χ0v) is 12.2. The fourth-order valence-electron chi connectivity index (χ4n) is 2.36. The van der Waals surface area contributed by atoms with E-state index < -0.39 is 10.0 Å². The molecular weight excluding hydrogens is 266 g/mol. The fraction of sp³-hybridized carbons (Fsp3) is 0.917. The zero-order valence-electron chi connectivity index (χ0n) is 11.4. The van der Waals surface area contributed by atoms with Crippen LogP contribution in [0.25, 0.3) is 0 Å². The Morgan fingerprint density at radius 3 is 2.68 bits per heavy atom. The van der Waals surface area contributed by atoms with Crippen LogP contribution in [-0.2, 0) is 14.8 Å². The van der Waals surface area contributed by atoms with Gasteiger partial charge in [0, 0.05) is 25.7 Å². The number of rotatable bonds is 6. The van der Waals surface area contributed by atoms with Crippen molar-refractivity contribution < 1.29 is 13.2 Å².